The molecule has 0 aromatic heterocycles. The van der Waals surface area contributed by atoms with Gasteiger partial charge in [0.25, 0.3) is 0 Å². The molecule has 0 aliphatic carbocycles. The van der Waals surface area contributed by atoms with Crippen molar-refractivity contribution in [1.29, 1.82) is 0 Å². The Balaban J connectivity index is 2.05. The van der Waals surface area contributed by atoms with E-state index >= 15 is 4.39 Å². The summed E-state index contributed by atoms with van der Waals surface area (Å²) in [5.74, 6) is -0.262. The summed E-state index contributed by atoms with van der Waals surface area (Å²) in [6.07, 6.45) is -0.152. The average Bonchev–Trinajstić information content (AvgIpc) is 2.84. The van der Waals surface area contributed by atoms with Gasteiger partial charge in [-0.2, -0.15) is 0 Å². The lowest BCUT2D eigenvalue weighted by molar-refractivity contribution is -0.143. The number of carbonyl (C=O) groups is 1. The molecule has 0 aliphatic heterocycles. The molecule has 0 saturated carbocycles. The first-order valence-electron chi connectivity index (χ1n) is 12.4. The lowest BCUT2D eigenvalue weighted by atomic mass is 9.92. The standard InChI is InChI=1S/C30H36FNO4S/c1-7-35-27(33)18-25(32-37(34)30(4,5)6)24-17-23(16-21(3)29(24)31)28-20(2)12-11-15-26(28)36-19-22-13-9-8-10-14-22/h8-17,25,32H,7,18-19H2,1-6H3/t25-,37?/m0/s1. The molecule has 0 bridgehead atoms. The van der Waals surface area contributed by atoms with E-state index in [1.165, 1.54) is 0 Å². The SMILES string of the molecule is CCOC(=O)C[C@H](N[S+]([O-])C(C)(C)C)c1cc(-c2c(C)cccc2OCc2ccccc2)cc(C)c1F. The second-order valence-corrected chi connectivity index (χ2v) is 12.0. The van der Waals surface area contributed by atoms with Gasteiger partial charge in [-0.15, -0.1) is 4.72 Å². The van der Waals surface area contributed by atoms with Crippen molar-refractivity contribution in [3.63, 3.8) is 0 Å². The van der Waals surface area contributed by atoms with E-state index in [9.17, 15) is 9.35 Å². The fourth-order valence-corrected chi connectivity index (χ4v) is 4.79. The number of hydrogen-bond acceptors (Lipinski definition) is 5. The maximum Gasteiger partial charge on any atom is 0.307 e. The Hall–Kier alpha value is -2.87. The van der Waals surface area contributed by atoms with Gasteiger partial charge in [-0.05, 0) is 82.0 Å². The molecule has 0 radical (unpaired) electrons. The highest BCUT2D eigenvalue weighted by Crippen LogP contribution is 2.37. The van der Waals surface area contributed by atoms with Crippen molar-refractivity contribution in [1.82, 2.24) is 4.72 Å². The maximum absolute atomic E-state index is 15.6. The Morgan fingerprint density at radius 1 is 1.05 bits per heavy atom. The monoisotopic (exact) mass is 525 g/mol. The molecule has 3 aromatic rings. The molecule has 1 unspecified atom stereocenters. The zero-order valence-corrected chi connectivity index (χ0v) is 23.2. The van der Waals surface area contributed by atoms with E-state index in [1.54, 1.807) is 26.0 Å². The number of halogens is 1. The van der Waals surface area contributed by atoms with Gasteiger partial charge in [0.2, 0.25) is 0 Å². The number of aryl methyl sites for hydroxylation is 2. The molecule has 3 aromatic carbocycles. The van der Waals surface area contributed by atoms with Crippen molar-refractivity contribution in [2.45, 2.75) is 65.4 Å². The van der Waals surface area contributed by atoms with Crippen LogP contribution in [0.1, 0.15) is 62.4 Å². The van der Waals surface area contributed by atoms with Crippen LogP contribution in [0.15, 0.2) is 60.7 Å². The highest BCUT2D eigenvalue weighted by Gasteiger charge is 2.33. The normalized spacial score (nSPS) is 13.2. The number of ether oxygens (including phenoxy) is 2. The zero-order valence-electron chi connectivity index (χ0n) is 22.4. The predicted octanol–water partition coefficient (Wildman–Crippen LogP) is 6.73. The quantitative estimate of drug-likeness (QED) is 0.235. The molecule has 0 amide bonds. The van der Waals surface area contributed by atoms with Crippen molar-refractivity contribution in [2.24, 2.45) is 0 Å². The first kappa shape index (κ1) is 28.7. The summed E-state index contributed by atoms with van der Waals surface area (Å²) in [4.78, 5) is 12.4. The van der Waals surface area contributed by atoms with Gasteiger partial charge in [0.1, 0.15) is 22.9 Å². The zero-order chi connectivity index (χ0) is 27.2. The van der Waals surface area contributed by atoms with Gasteiger partial charge in [-0.1, -0.05) is 42.5 Å². The topological polar surface area (TPSA) is 70.6 Å². The van der Waals surface area contributed by atoms with Crippen LogP contribution in [-0.2, 0) is 27.5 Å². The third-order valence-corrected chi connectivity index (χ3v) is 7.51. The lowest BCUT2D eigenvalue weighted by Crippen LogP contribution is -2.42. The van der Waals surface area contributed by atoms with Crippen LogP contribution in [0, 0.1) is 19.7 Å². The van der Waals surface area contributed by atoms with E-state index in [0.717, 1.165) is 22.3 Å². The second kappa shape index (κ2) is 12.6. The van der Waals surface area contributed by atoms with E-state index < -0.39 is 33.9 Å². The molecular formula is C30H36FNO4S. The molecule has 0 spiro atoms. The van der Waals surface area contributed by atoms with E-state index in [0.29, 0.717) is 17.9 Å². The molecule has 1 N–H and O–H groups in total. The Kier molecular flexibility index (Phi) is 9.76. The van der Waals surface area contributed by atoms with Gasteiger partial charge < -0.3 is 14.0 Å². The molecule has 2 atom stereocenters. The third kappa shape index (κ3) is 7.57. The molecule has 0 saturated heterocycles. The van der Waals surface area contributed by atoms with Crippen LogP contribution in [0.3, 0.4) is 0 Å². The van der Waals surface area contributed by atoms with E-state index in [2.05, 4.69) is 4.72 Å². The van der Waals surface area contributed by atoms with Crippen LogP contribution < -0.4 is 9.46 Å². The maximum atomic E-state index is 15.6. The molecule has 5 nitrogen and oxygen atoms in total. The number of carbonyl (C=O) groups excluding carboxylic acids is 1. The number of rotatable bonds is 10. The van der Waals surface area contributed by atoms with E-state index in [1.807, 2.05) is 76.2 Å². The number of nitrogens with one attached hydrogen (secondary N) is 1. The minimum Gasteiger partial charge on any atom is -0.598 e. The first-order chi connectivity index (χ1) is 17.5. The summed E-state index contributed by atoms with van der Waals surface area (Å²) >= 11 is -1.54. The minimum absolute atomic E-state index is 0.152. The van der Waals surface area contributed by atoms with Gasteiger partial charge in [0, 0.05) is 22.5 Å². The lowest BCUT2D eigenvalue weighted by Gasteiger charge is -2.28. The van der Waals surface area contributed by atoms with Gasteiger partial charge >= 0.3 is 5.97 Å². The van der Waals surface area contributed by atoms with Crippen LogP contribution in [0.5, 0.6) is 5.75 Å². The van der Waals surface area contributed by atoms with Gasteiger partial charge in [-0.25, -0.2) is 4.39 Å². The summed E-state index contributed by atoms with van der Waals surface area (Å²) in [7, 11) is 0. The number of esters is 1. The van der Waals surface area contributed by atoms with Crippen molar-refractivity contribution in [3.8, 4) is 16.9 Å². The Bertz CT molecular complexity index is 1210. The average molecular weight is 526 g/mol. The Labute approximate surface area is 222 Å². The molecule has 0 fully saturated rings. The van der Waals surface area contributed by atoms with Crippen LogP contribution in [0.2, 0.25) is 0 Å². The van der Waals surface area contributed by atoms with Crippen LogP contribution in [0.25, 0.3) is 11.1 Å². The molecule has 3 rings (SSSR count). The fourth-order valence-electron chi connectivity index (χ4n) is 3.97. The van der Waals surface area contributed by atoms with Crippen molar-refractivity contribution in [2.75, 3.05) is 6.61 Å². The van der Waals surface area contributed by atoms with Crippen LogP contribution >= 0.6 is 0 Å². The summed E-state index contributed by atoms with van der Waals surface area (Å²) in [6, 6.07) is 18.3. The largest absolute Gasteiger partial charge is 0.598 e. The summed E-state index contributed by atoms with van der Waals surface area (Å²) in [6.45, 7) is 11.4. The smallest absolute Gasteiger partial charge is 0.307 e. The number of benzene rings is 3. The van der Waals surface area contributed by atoms with E-state index in [-0.39, 0.29) is 18.6 Å². The third-order valence-electron chi connectivity index (χ3n) is 5.90. The van der Waals surface area contributed by atoms with Gasteiger partial charge in [0.05, 0.1) is 19.1 Å². The summed E-state index contributed by atoms with van der Waals surface area (Å²) < 4.78 is 42.3. The first-order valence-corrected chi connectivity index (χ1v) is 13.6. The molecule has 0 aliphatic rings. The van der Waals surface area contributed by atoms with Crippen molar-refractivity contribution >= 4 is 17.3 Å². The Morgan fingerprint density at radius 3 is 2.41 bits per heavy atom. The molecule has 7 heteroatoms. The highest BCUT2D eigenvalue weighted by atomic mass is 32.2. The molecule has 198 valence electrons. The fraction of sp³-hybridized carbons (Fsp3) is 0.367. The van der Waals surface area contributed by atoms with Crippen LogP contribution in [0.4, 0.5) is 4.39 Å². The summed E-state index contributed by atoms with van der Waals surface area (Å²) in [5, 5.41) is 0. The van der Waals surface area contributed by atoms with Crippen LogP contribution in [-0.4, -0.2) is 21.9 Å². The second-order valence-electron chi connectivity index (χ2n) is 9.98. The molecule has 37 heavy (non-hydrogen) atoms. The van der Waals surface area contributed by atoms with Crippen molar-refractivity contribution < 1.29 is 23.2 Å². The van der Waals surface area contributed by atoms with Gasteiger partial charge in [0.15, 0.2) is 0 Å². The molecular weight excluding hydrogens is 489 g/mol. The highest BCUT2D eigenvalue weighted by molar-refractivity contribution is 7.90. The molecule has 0 heterocycles. The minimum atomic E-state index is -1.54. The Morgan fingerprint density at radius 2 is 1.76 bits per heavy atom. The number of hydrogen-bond donors (Lipinski definition) is 1. The summed E-state index contributed by atoms with van der Waals surface area (Å²) in [5.41, 5.74) is 4.28. The van der Waals surface area contributed by atoms with Gasteiger partial charge in [-0.3, -0.25) is 4.79 Å². The van der Waals surface area contributed by atoms with E-state index in [4.69, 9.17) is 9.47 Å². The van der Waals surface area contributed by atoms with Crippen molar-refractivity contribution in [3.05, 3.63) is 88.7 Å². The predicted molar refractivity (Wildman–Crippen MR) is 147 cm³/mol.